The SMILES string of the molecule is O=C(CN1CC(O)C(O)C1)N1CCCCC1. The highest BCUT2D eigenvalue weighted by molar-refractivity contribution is 5.78. The zero-order valence-corrected chi connectivity index (χ0v) is 9.51. The minimum Gasteiger partial charge on any atom is -0.389 e. The standard InChI is InChI=1S/C11H20N2O3/c14-9-6-12(7-10(9)15)8-11(16)13-4-2-1-3-5-13/h9-10,14-15H,1-8H2. The Morgan fingerprint density at radius 1 is 1.06 bits per heavy atom. The summed E-state index contributed by atoms with van der Waals surface area (Å²) in [4.78, 5) is 15.6. The number of hydrogen-bond donors (Lipinski definition) is 2. The van der Waals surface area contributed by atoms with E-state index in [1.54, 1.807) is 0 Å². The van der Waals surface area contributed by atoms with Gasteiger partial charge in [0.25, 0.3) is 0 Å². The van der Waals surface area contributed by atoms with E-state index in [9.17, 15) is 15.0 Å². The molecule has 0 aromatic carbocycles. The molecule has 2 saturated heterocycles. The fourth-order valence-electron chi connectivity index (χ4n) is 2.41. The predicted molar refractivity (Wildman–Crippen MR) is 58.9 cm³/mol. The average Bonchev–Trinajstić information content (AvgIpc) is 2.59. The molecule has 16 heavy (non-hydrogen) atoms. The topological polar surface area (TPSA) is 64.0 Å². The molecule has 2 unspecified atom stereocenters. The summed E-state index contributed by atoms with van der Waals surface area (Å²) < 4.78 is 0. The number of carbonyl (C=O) groups is 1. The van der Waals surface area contributed by atoms with Gasteiger partial charge in [-0.1, -0.05) is 0 Å². The first-order chi connectivity index (χ1) is 7.66. The van der Waals surface area contributed by atoms with Gasteiger partial charge in [-0.25, -0.2) is 0 Å². The van der Waals surface area contributed by atoms with Crippen LogP contribution in [0.5, 0.6) is 0 Å². The van der Waals surface area contributed by atoms with Gasteiger partial charge in [0.15, 0.2) is 0 Å². The van der Waals surface area contributed by atoms with E-state index in [0.29, 0.717) is 19.6 Å². The van der Waals surface area contributed by atoms with E-state index in [-0.39, 0.29) is 5.91 Å². The zero-order valence-electron chi connectivity index (χ0n) is 9.51. The van der Waals surface area contributed by atoms with Crippen molar-refractivity contribution in [3.8, 4) is 0 Å². The van der Waals surface area contributed by atoms with Gasteiger partial charge < -0.3 is 15.1 Å². The highest BCUT2D eigenvalue weighted by Crippen LogP contribution is 2.12. The molecule has 0 aliphatic carbocycles. The molecule has 0 radical (unpaired) electrons. The molecule has 2 N–H and O–H groups in total. The fraction of sp³-hybridized carbons (Fsp3) is 0.909. The van der Waals surface area contributed by atoms with Gasteiger partial charge in [0, 0.05) is 26.2 Å². The van der Waals surface area contributed by atoms with Gasteiger partial charge >= 0.3 is 0 Å². The Hall–Kier alpha value is -0.650. The third-order valence-corrected chi connectivity index (χ3v) is 3.40. The van der Waals surface area contributed by atoms with E-state index in [1.807, 2.05) is 9.80 Å². The van der Waals surface area contributed by atoms with Crippen LogP contribution in [0.25, 0.3) is 0 Å². The van der Waals surface area contributed by atoms with Gasteiger partial charge in [-0.2, -0.15) is 0 Å². The maximum absolute atomic E-state index is 11.9. The van der Waals surface area contributed by atoms with Gasteiger partial charge in [0.1, 0.15) is 0 Å². The second kappa shape index (κ2) is 5.12. The number of β-amino-alcohol motifs (C(OH)–C–C–N with tert-alkyl or cyclic N) is 2. The number of amides is 1. The number of likely N-dealkylation sites (tertiary alicyclic amines) is 2. The van der Waals surface area contributed by atoms with E-state index in [0.717, 1.165) is 25.9 Å². The van der Waals surface area contributed by atoms with Crippen LogP contribution < -0.4 is 0 Å². The first kappa shape index (κ1) is 11.8. The molecule has 92 valence electrons. The summed E-state index contributed by atoms with van der Waals surface area (Å²) in [5.74, 6) is 0.126. The first-order valence-electron chi connectivity index (χ1n) is 6.03. The Bertz CT molecular complexity index is 244. The van der Waals surface area contributed by atoms with Gasteiger partial charge in [-0.15, -0.1) is 0 Å². The molecule has 2 rings (SSSR count). The van der Waals surface area contributed by atoms with Crippen LogP contribution in [-0.4, -0.2) is 70.9 Å². The van der Waals surface area contributed by atoms with E-state index in [1.165, 1.54) is 6.42 Å². The monoisotopic (exact) mass is 228 g/mol. The molecule has 0 aromatic rings. The van der Waals surface area contributed by atoms with Crippen LogP contribution in [0, 0.1) is 0 Å². The lowest BCUT2D eigenvalue weighted by molar-refractivity contribution is -0.133. The molecule has 1 amide bonds. The molecule has 2 aliphatic rings. The largest absolute Gasteiger partial charge is 0.389 e. The zero-order chi connectivity index (χ0) is 11.5. The molecule has 0 bridgehead atoms. The van der Waals surface area contributed by atoms with Crippen LogP contribution in [0.15, 0.2) is 0 Å². The average molecular weight is 228 g/mol. The molecular formula is C11H20N2O3. The summed E-state index contributed by atoms with van der Waals surface area (Å²) in [5, 5.41) is 18.7. The molecular weight excluding hydrogens is 208 g/mol. The summed E-state index contributed by atoms with van der Waals surface area (Å²) in [7, 11) is 0. The van der Waals surface area contributed by atoms with Crippen molar-refractivity contribution in [1.82, 2.24) is 9.80 Å². The van der Waals surface area contributed by atoms with Gasteiger partial charge in [-0.3, -0.25) is 9.69 Å². The van der Waals surface area contributed by atoms with Crippen molar-refractivity contribution < 1.29 is 15.0 Å². The van der Waals surface area contributed by atoms with Gasteiger partial charge in [0.05, 0.1) is 18.8 Å². The second-order valence-electron chi connectivity index (χ2n) is 4.77. The Morgan fingerprint density at radius 2 is 1.62 bits per heavy atom. The molecule has 2 aliphatic heterocycles. The first-order valence-corrected chi connectivity index (χ1v) is 6.03. The second-order valence-corrected chi connectivity index (χ2v) is 4.77. The minimum atomic E-state index is -0.700. The quantitative estimate of drug-likeness (QED) is 0.639. The molecule has 2 heterocycles. The summed E-state index contributed by atoms with van der Waals surface area (Å²) in [5.41, 5.74) is 0. The number of aliphatic hydroxyl groups is 2. The molecule has 0 spiro atoms. The third-order valence-electron chi connectivity index (χ3n) is 3.40. The summed E-state index contributed by atoms with van der Waals surface area (Å²) >= 11 is 0. The van der Waals surface area contributed by atoms with Crippen molar-refractivity contribution in [3.05, 3.63) is 0 Å². The van der Waals surface area contributed by atoms with Crippen molar-refractivity contribution in [2.24, 2.45) is 0 Å². The van der Waals surface area contributed by atoms with Crippen molar-refractivity contribution in [3.63, 3.8) is 0 Å². The lowest BCUT2D eigenvalue weighted by Gasteiger charge is -2.28. The number of aliphatic hydroxyl groups excluding tert-OH is 2. The highest BCUT2D eigenvalue weighted by Gasteiger charge is 2.31. The highest BCUT2D eigenvalue weighted by atomic mass is 16.3. The number of hydrogen-bond acceptors (Lipinski definition) is 4. The Kier molecular flexibility index (Phi) is 3.78. The maximum atomic E-state index is 11.9. The maximum Gasteiger partial charge on any atom is 0.236 e. The Labute approximate surface area is 95.6 Å². The predicted octanol–water partition coefficient (Wildman–Crippen LogP) is -0.964. The van der Waals surface area contributed by atoms with Gasteiger partial charge in [-0.05, 0) is 19.3 Å². The van der Waals surface area contributed by atoms with Crippen LogP contribution >= 0.6 is 0 Å². The van der Waals surface area contributed by atoms with Crippen LogP contribution in [0.3, 0.4) is 0 Å². The number of nitrogens with zero attached hydrogens (tertiary/aromatic N) is 2. The summed E-state index contributed by atoms with van der Waals surface area (Å²) in [6, 6.07) is 0. The van der Waals surface area contributed by atoms with Gasteiger partial charge in [0.2, 0.25) is 5.91 Å². The lowest BCUT2D eigenvalue weighted by Crippen LogP contribution is -2.42. The normalized spacial score (nSPS) is 32.0. The molecule has 0 aromatic heterocycles. The van der Waals surface area contributed by atoms with Crippen molar-refractivity contribution in [1.29, 1.82) is 0 Å². The third kappa shape index (κ3) is 2.72. The van der Waals surface area contributed by atoms with Crippen LogP contribution in [0.1, 0.15) is 19.3 Å². The van der Waals surface area contributed by atoms with Crippen LogP contribution in [0.2, 0.25) is 0 Å². The Balaban J connectivity index is 1.78. The van der Waals surface area contributed by atoms with Crippen molar-refractivity contribution >= 4 is 5.91 Å². The van der Waals surface area contributed by atoms with Crippen molar-refractivity contribution in [2.45, 2.75) is 31.5 Å². The molecule has 2 fully saturated rings. The molecule has 0 saturated carbocycles. The minimum absolute atomic E-state index is 0.126. The van der Waals surface area contributed by atoms with E-state index in [4.69, 9.17) is 0 Å². The number of rotatable bonds is 2. The summed E-state index contributed by atoms with van der Waals surface area (Å²) in [6.07, 6.45) is 2.00. The van der Waals surface area contributed by atoms with E-state index >= 15 is 0 Å². The van der Waals surface area contributed by atoms with Crippen molar-refractivity contribution in [2.75, 3.05) is 32.7 Å². The molecule has 5 heteroatoms. The van der Waals surface area contributed by atoms with E-state index < -0.39 is 12.2 Å². The fourth-order valence-corrected chi connectivity index (χ4v) is 2.41. The molecule has 5 nitrogen and oxygen atoms in total. The van der Waals surface area contributed by atoms with E-state index in [2.05, 4.69) is 0 Å². The summed E-state index contributed by atoms with van der Waals surface area (Å²) in [6.45, 7) is 2.85. The number of carbonyl (C=O) groups excluding carboxylic acids is 1. The smallest absolute Gasteiger partial charge is 0.236 e. The van der Waals surface area contributed by atoms with Crippen LogP contribution in [0.4, 0.5) is 0 Å². The molecule has 2 atom stereocenters. The Morgan fingerprint density at radius 3 is 2.19 bits per heavy atom. The van der Waals surface area contributed by atoms with Crippen LogP contribution in [-0.2, 0) is 4.79 Å². The number of piperidine rings is 1. The lowest BCUT2D eigenvalue weighted by atomic mass is 10.1.